The summed E-state index contributed by atoms with van der Waals surface area (Å²) in [6, 6.07) is 5.30. The van der Waals surface area contributed by atoms with Crippen molar-refractivity contribution in [2.75, 3.05) is 12.4 Å². The summed E-state index contributed by atoms with van der Waals surface area (Å²) in [5, 5.41) is 2.78. The normalized spacial score (nSPS) is 10.7. The molecule has 1 heterocycles. The first kappa shape index (κ1) is 14.6. The van der Waals surface area contributed by atoms with Gasteiger partial charge in [0, 0.05) is 11.6 Å². The van der Waals surface area contributed by atoms with E-state index in [0.717, 1.165) is 4.47 Å². The molecule has 1 amide bonds. The number of nitrogens with zero attached hydrogens (tertiary/aromatic N) is 1. The molecule has 0 saturated carbocycles. The van der Waals surface area contributed by atoms with E-state index in [1.54, 1.807) is 25.3 Å². The van der Waals surface area contributed by atoms with Crippen LogP contribution < -0.4 is 10.1 Å². The van der Waals surface area contributed by atoms with Crippen LogP contribution in [-0.2, 0) is 0 Å². The number of hydrogen-bond donors (Lipinski definition) is 1. The number of nitrogens with one attached hydrogen (secondary N) is 1. The molecule has 1 aromatic heterocycles. The Morgan fingerprint density at radius 1 is 1.45 bits per heavy atom. The highest BCUT2D eigenvalue weighted by Gasteiger charge is 2.19. The maximum absolute atomic E-state index is 12.2. The average Bonchev–Trinajstić information content (AvgIpc) is 2.88. The molecular weight excluding hydrogens is 324 g/mol. The van der Waals surface area contributed by atoms with Crippen molar-refractivity contribution in [1.29, 1.82) is 0 Å². The van der Waals surface area contributed by atoms with Crippen LogP contribution in [0.15, 0.2) is 33.5 Å². The summed E-state index contributed by atoms with van der Waals surface area (Å²) in [6.07, 6.45) is 1.29. The van der Waals surface area contributed by atoms with Crippen molar-refractivity contribution in [3.63, 3.8) is 0 Å². The molecule has 0 unspecified atom stereocenters. The highest BCUT2D eigenvalue weighted by Crippen LogP contribution is 2.28. The lowest BCUT2D eigenvalue weighted by Crippen LogP contribution is -2.14. The van der Waals surface area contributed by atoms with Crippen molar-refractivity contribution in [3.05, 3.63) is 40.5 Å². The van der Waals surface area contributed by atoms with Crippen molar-refractivity contribution in [2.24, 2.45) is 0 Å². The number of hydrogen-bond acceptors (Lipinski definition) is 4. The van der Waals surface area contributed by atoms with E-state index in [1.807, 2.05) is 13.8 Å². The standard InChI is InChI=1S/C14H15BrN2O3/c1-8(2)13-12(16-7-20-13)14(18)17-9-4-5-11(19-3)10(15)6-9/h4-8H,1-3H3,(H,17,18). The van der Waals surface area contributed by atoms with E-state index in [4.69, 9.17) is 9.15 Å². The van der Waals surface area contributed by atoms with Crippen molar-refractivity contribution in [2.45, 2.75) is 19.8 Å². The molecule has 0 spiro atoms. The van der Waals surface area contributed by atoms with Crippen LogP contribution in [0.5, 0.6) is 5.75 Å². The quantitative estimate of drug-likeness (QED) is 0.920. The Labute approximate surface area is 125 Å². The minimum absolute atomic E-state index is 0.0980. The van der Waals surface area contributed by atoms with Crippen LogP contribution >= 0.6 is 15.9 Å². The Bertz CT molecular complexity index is 623. The first-order valence-corrected chi connectivity index (χ1v) is 6.90. The van der Waals surface area contributed by atoms with Gasteiger partial charge in [-0.1, -0.05) is 13.8 Å². The fraction of sp³-hybridized carbons (Fsp3) is 0.286. The van der Waals surface area contributed by atoms with Gasteiger partial charge in [0.05, 0.1) is 11.6 Å². The van der Waals surface area contributed by atoms with E-state index in [1.165, 1.54) is 6.39 Å². The number of anilines is 1. The molecule has 2 aromatic rings. The summed E-state index contributed by atoms with van der Waals surface area (Å²) in [4.78, 5) is 16.2. The molecule has 106 valence electrons. The van der Waals surface area contributed by atoms with Crippen LogP contribution in [0.1, 0.15) is 36.0 Å². The highest BCUT2D eigenvalue weighted by molar-refractivity contribution is 9.10. The number of aromatic nitrogens is 1. The first-order chi connectivity index (χ1) is 9.52. The number of halogens is 1. The molecule has 0 aliphatic rings. The van der Waals surface area contributed by atoms with Crippen LogP contribution in [0.2, 0.25) is 0 Å². The van der Waals surface area contributed by atoms with Gasteiger partial charge in [0.1, 0.15) is 11.5 Å². The fourth-order valence-electron chi connectivity index (χ4n) is 1.77. The van der Waals surface area contributed by atoms with Gasteiger partial charge < -0.3 is 14.5 Å². The minimum atomic E-state index is -0.292. The highest BCUT2D eigenvalue weighted by atomic mass is 79.9. The Morgan fingerprint density at radius 3 is 2.80 bits per heavy atom. The predicted molar refractivity (Wildman–Crippen MR) is 79.2 cm³/mol. The summed E-state index contributed by atoms with van der Waals surface area (Å²) in [5.41, 5.74) is 0.965. The molecule has 0 aliphatic heterocycles. The van der Waals surface area contributed by atoms with E-state index >= 15 is 0 Å². The van der Waals surface area contributed by atoms with Gasteiger partial charge >= 0.3 is 0 Å². The van der Waals surface area contributed by atoms with E-state index in [-0.39, 0.29) is 11.8 Å². The average molecular weight is 339 g/mol. The third-order valence-electron chi connectivity index (χ3n) is 2.74. The summed E-state index contributed by atoms with van der Waals surface area (Å²) >= 11 is 3.37. The molecular formula is C14H15BrN2O3. The Morgan fingerprint density at radius 2 is 2.20 bits per heavy atom. The van der Waals surface area contributed by atoms with Crippen LogP contribution in [0.4, 0.5) is 5.69 Å². The Kier molecular flexibility index (Phi) is 4.44. The molecule has 0 atom stereocenters. The van der Waals surface area contributed by atoms with Gasteiger partial charge in [0.25, 0.3) is 5.91 Å². The zero-order valence-electron chi connectivity index (χ0n) is 11.4. The summed E-state index contributed by atoms with van der Waals surface area (Å²) in [7, 11) is 1.59. The van der Waals surface area contributed by atoms with Crippen LogP contribution in [0, 0.1) is 0 Å². The van der Waals surface area contributed by atoms with E-state index in [0.29, 0.717) is 22.9 Å². The van der Waals surface area contributed by atoms with E-state index < -0.39 is 0 Å². The molecule has 0 saturated heterocycles. The molecule has 0 aliphatic carbocycles. The fourth-order valence-corrected chi connectivity index (χ4v) is 2.31. The summed E-state index contributed by atoms with van der Waals surface area (Å²) in [5.74, 6) is 1.09. The number of carbonyl (C=O) groups is 1. The maximum Gasteiger partial charge on any atom is 0.277 e. The van der Waals surface area contributed by atoms with Crippen molar-refractivity contribution in [1.82, 2.24) is 4.98 Å². The Hall–Kier alpha value is -1.82. The number of carbonyl (C=O) groups excluding carboxylic acids is 1. The second-order valence-corrected chi connectivity index (χ2v) is 5.38. The van der Waals surface area contributed by atoms with Gasteiger partial charge in [-0.15, -0.1) is 0 Å². The third kappa shape index (κ3) is 3.01. The lowest BCUT2D eigenvalue weighted by atomic mass is 10.1. The number of rotatable bonds is 4. The van der Waals surface area contributed by atoms with Gasteiger partial charge in [0.2, 0.25) is 0 Å². The topological polar surface area (TPSA) is 64.4 Å². The van der Waals surface area contributed by atoms with Crippen LogP contribution in [-0.4, -0.2) is 18.0 Å². The molecule has 1 N–H and O–H groups in total. The van der Waals surface area contributed by atoms with Gasteiger partial charge in [-0.2, -0.15) is 0 Å². The van der Waals surface area contributed by atoms with Gasteiger partial charge in [-0.25, -0.2) is 4.98 Å². The largest absolute Gasteiger partial charge is 0.496 e. The van der Waals surface area contributed by atoms with Crippen LogP contribution in [0.25, 0.3) is 0 Å². The number of benzene rings is 1. The van der Waals surface area contributed by atoms with Gasteiger partial charge in [-0.3, -0.25) is 4.79 Å². The maximum atomic E-state index is 12.2. The van der Waals surface area contributed by atoms with Crippen molar-refractivity contribution in [3.8, 4) is 5.75 Å². The smallest absolute Gasteiger partial charge is 0.277 e. The number of amides is 1. The first-order valence-electron chi connectivity index (χ1n) is 6.11. The lowest BCUT2D eigenvalue weighted by molar-refractivity contribution is 0.102. The molecule has 0 radical (unpaired) electrons. The van der Waals surface area contributed by atoms with Crippen LogP contribution in [0.3, 0.4) is 0 Å². The predicted octanol–water partition coefficient (Wildman–Crippen LogP) is 3.82. The molecule has 1 aromatic carbocycles. The summed E-state index contributed by atoms with van der Waals surface area (Å²) in [6.45, 7) is 3.89. The molecule has 20 heavy (non-hydrogen) atoms. The molecule has 0 bridgehead atoms. The zero-order chi connectivity index (χ0) is 14.7. The lowest BCUT2D eigenvalue weighted by Gasteiger charge is -2.08. The summed E-state index contributed by atoms with van der Waals surface area (Å²) < 4.78 is 11.2. The minimum Gasteiger partial charge on any atom is -0.496 e. The Balaban J connectivity index is 2.19. The second-order valence-electron chi connectivity index (χ2n) is 4.52. The van der Waals surface area contributed by atoms with Gasteiger partial charge in [-0.05, 0) is 34.1 Å². The molecule has 5 nitrogen and oxygen atoms in total. The van der Waals surface area contributed by atoms with Gasteiger partial charge in [0.15, 0.2) is 12.1 Å². The third-order valence-corrected chi connectivity index (χ3v) is 3.36. The number of methoxy groups -OCH3 is 1. The molecule has 6 heteroatoms. The number of oxazole rings is 1. The van der Waals surface area contributed by atoms with E-state index in [9.17, 15) is 4.79 Å². The number of ether oxygens (including phenoxy) is 1. The van der Waals surface area contributed by atoms with Crippen molar-refractivity contribution >= 4 is 27.5 Å². The zero-order valence-corrected chi connectivity index (χ0v) is 13.0. The monoisotopic (exact) mass is 338 g/mol. The molecule has 2 rings (SSSR count). The van der Waals surface area contributed by atoms with E-state index in [2.05, 4.69) is 26.2 Å². The van der Waals surface area contributed by atoms with Crippen molar-refractivity contribution < 1.29 is 13.9 Å². The SMILES string of the molecule is COc1ccc(NC(=O)c2ncoc2C(C)C)cc1Br. The second kappa shape index (κ2) is 6.09. The molecule has 0 fully saturated rings.